The molecule has 2 aromatic heterocycles. The molecule has 0 spiro atoms. The summed E-state index contributed by atoms with van der Waals surface area (Å²) >= 11 is 0. The minimum atomic E-state index is -1.18. The molecule has 2 unspecified atom stereocenters. The molecular weight excluding hydrogens is 454 g/mol. The van der Waals surface area contributed by atoms with E-state index < -0.39 is 23.0 Å². The van der Waals surface area contributed by atoms with Gasteiger partial charge < -0.3 is 20.3 Å². The van der Waals surface area contributed by atoms with Crippen molar-refractivity contribution >= 4 is 16.7 Å². The van der Waals surface area contributed by atoms with E-state index in [1.165, 1.54) is 24.3 Å². The SMILES string of the molecule is C#CC1=C(F)C=CC2=CC(O)=CC(c3nc(OC(C)C)c4c(NC5CC(O)C5)n[nH]c4c3F)C21C. The molecule has 5 rings (SSSR count). The Bertz CT molecular complexity index is 1380. The highest BCUT2D eigenvalue weighted by molar-refractivity contribution is 5.95. The van der Waals surface area contributed by atoms with E-state index in [0.29, 0.717) is 29.6 Å². The van der Waals surface area contributed by atoms with E-state index in [-0.39, 0.29) is 46.7 Å². The van der Waals surface area contributed by atoms with Gasteiger partial charge in [-0.05, 0) is 57.4 Å². The molecule has 2 aromatic rings. The number of aliphatic hydroxyl groups is 2. The summed E-state index contributed by atoms with van der Waals surface area (Å²) in [5.41, 5.74) is -0.584. The Kier molecular flexibility index (Phi) is 5.44. The Hall–Kier alpha value is -3.64. The van der Waals surface area contributed by atoms with Crippen LogP contribution in [0.15, 0.2) is 47.0 Å². The molecule has 0 amide bonds. The molecule has 0 saturated heterocycles. The number of hydrogen-bond acceptors (Lipinski definition) is 6. The molecular formula is C26H26F2N4O3. The van der Waals surface area contributed by atoms with Gasteiger partial charge in [-0.1, -0.05) is 12.0 Å². The van der Waals surface area contributed by atoms with Crippen molar-refractivity contribution < 1.29 is 23.7 Å². The number of aromatic amines is 1. The van der Waals surface area contributed by atoms with Crippen LogP contribution in [0.25, 0.3) is 10.9 Å². The number of allylic oxidation sites excluding steroid dienone is 7. The molecule has 0 aliphatic heterocycles. The van der Waals surface area contributed by atoms with E-state index in [9.17, 15) is 14.6 Å². The van der Waals surface area contributed by atoms with E-state index in [1.807, 2.05) is 13.8 Å². The number of ether oxygens (including phenoxy) is 1. The minimum absolute atomic E-state index is 0.00343. The molecule has 182 valence electrons. The average molecular weight is 481 g/mol. The zero-order valence-corrected chi connectivity index (χ0v) is 19.6. The van der Waals surface area contributed by atoms with Crippen LogP contribution in [0, 0.1) is 23.6 Å². The maximum absolute atomic E-state index is 16.1. The van der Waals surface area contributed by atoms with Gasteiger partial charge in [-0.3, -0.25) is 5.10 Å². The Morgan fingerprint density at radius 1 is 1.31 bits per heavy atom. The van der Waals surface area contributed by atoms with Crippen LogP contribution in [-0.2, 0) is 0 Å². The van der Waals surface area contributed by atoms with Gasteiger partial charge in [0.05, 0.1) is 17.9 Å². The van der Waals surface area contributed by atoms with Gasteiger partial charge in [0.2, 0.25) is 5.88 Å². The number of H-pyrrole nitrogens is 1. The smallest absolute Gasteiger partial charge is 0.227 e. The second kappa shape index (κ2) is 8.24. The Morgan fingerprint density at radius 2 is 2.06 bits per heavy atom. The van der Waals surface area contributed by atoms with Gasteiger partial charge in [0.25, 0.3) is 0 Å². The lowest BCUT2D eigenvalue weighted by Crippen LogP contribution is -2.39. The number of nitrogens with one attached hydrogen (secondary N) is 2. The van der Waals surface area contributed by atoms with Gasteiger partial charge in [0.15, 0.2) is 11.6 Å². The molecule has 0 bridgehead atoms. The molecule has 1 saturated carbocycles. The normalized spacial score (nSPS) is 27.8. The Balaban J connectivity index is 1.69. The molecule has 35 heavy (non-hydrogen) atoms. The summed E-state index contributed by atoms with van der Waals surface area (Å²) in [5.74, 6) is 0.616. The fraction of sp³-hybridized carbons (Fsp3) is 0.385. The molecule has 3 aliphatic rings. The number of pyridine rings is 1. The number of rotatable bonds is 5. The van der Waals surface area contributed by atoms with Crippen molar-refractivity contribution in [1.82, 2.24) is 15.2 Å². The third-order valence-electron chi connectivity index (χ3n) is 6.92. The number of anilines is 1. The van der Waals surface area contributed by atoms with Crippen LogP contribution in [0.5, 0.6) is 5.88 Å². The lowest BCUT2D eigenvalue weighted by atomic mass is 9.61. The molecule has 0 aromatic carbocycles. The van der Waals surface area contributed by atoms with E-state index in [2.05, 4.69) is 26.4 Å². The summed E-state index contributed by atoms with van der Waals surface area (Å²) in [5, 5.41) is 30.6. The predicted molar refractivity (Wildman–Crippen MR) is 128 cm³/mol. The third kappa shape index (κ3) is 3.60. The van der Waals surface area contributed by atoms with Crippen molar-refractivity contribution in [2.75, 3.05) is 5.32 Å². The van der Waals surface area contributed by atoms with Crippen molar-refractivity contribution in [3.8, 4) is 18.2 Å². The summed E-state index contributed by atoms with van der Waals surface area (Å²) in [6, 6.07) is -0.00343. The second-order valence-electron chi connectivity index (χ2n) is 9.64. The third-order valence-corrected chi connectivity index (χ3v) is 6.92. The monoisotopic (exact) mass is 480 g/mol. The van der Waals surface area contributed by atoms with Gasteiger partial charge in [-0.15, -0.1) is 6.42 Å². The first kappa shape index (κ1) is 23.1. The first-order valence-corrected chi connectivity index (χ1v) is 11.5. The van der Waals surface area contributed by atoms with Crippen LogP contribution in [0.3, 0.4) is 0 Å². The molecule has 0 radical (unpaired) electrons. The van der Waals surface area contributed by atoms with E-state index >= 15 is 4.39 Å². The highest BCUT2D eigenvalue weighted by Gasteiger charge is 2.47. The first-order valence-electron chi connectivity index (χ1n) is 11.5. The van der Waals surface area contributed by atoms with Crippen molar-refractivity contribution in [3.05, 3.63) is 58.5 Å². The zero-order chi connectivity index (χ0) is 25.1. The topological polar surface area (TPSA) is 103 Å². The lowest BCUT2D eigenvalue weighted by Gasteiger charge is -2.41. The Labute approximate surface area is 201 Å². The minimum Gasteiger partial charge on any atom is -0.508 e. The van der Waals surface area contributed by atoms with Gasteiger partial charge in [0.1, 0.15) is 22.5 Å². The number of halogens is 2. The molecule has 1 fully saturated rings. The number of fused-ring (bicyclic) bond motifs is 2. The van der Waals surface area contributed by atoms with Crippen molar-refractivity contribution in [2.24, 2.45) is 5.41 Å². The van der Waals surface area contributed by atoms with Crippen molar-refractivity contribution in [2.45, 2.75) is 57.8 Å². The maximum atomic E-state index is 16.1. The highest BCUT2D eigenvalue weighted by Crippen LogP contribution is 2.55. The average Bonchev–Trinajstić information content (AvgIpc) is 3.19. The first-order chi connectivity index (χ1) is 16.6. The predicted octanol–water partition coefficient (Wildman–Crippen LogP) is 4.72. The maximum Gasteiger partial charge on any atom is 0.227 e. The van der Waals surface area contributed by atoms with Crippen LogP contribution in [0.4, 0.5) is 14.6 Å². The fourth-order valence-corrected chi connectivity index (χ4v) is 5.03. The van der Waals surface area contributed by atoms with Crippen molar-refractivity contribution in [3.63, 3.8) is 0 Å². The number of terminal acetylenes is 1. The quantitative estimate of drug-likeness (QED) is 0.462. The van der Waals surface area contributed by atoms with Gasteiger partial charge in [-0.25, -0.2) is 13.8 Å². The summed E-state index contributed by atoms with van der Waals surface area (Å²) < 4.78 is 36.9. The molecule has 7 nitrogen and oxygen atoms in total. The van der Waals surface area contributed by atoms with Gasteiger partial charge in [0, 0.05) is 22.9 Å². The lowest BCUT2D eigenvalue weighted by molar-refractivity contribution is 0.0835. The van der Waals surface area contributed by atoms with Crippen LogP contribution in [-0.4, -0.2) is 43.6 Å². The molecule has 9 heteroatoms. The molecule has 2 heterocycles. The van der Waals surface area contributed by atoms with Crippen molar-refractivity contribution in [1.29, 1.82) is 0 Å². The zero-order valence-electron chi connectivity index (χ0n) is 19.6. The van der Waals surface area contributed by atoms with E-state index in [4.69, 9.17) is 11.2 Å². The highest BCUT2D eigenvalue weighted by atomic mass is 19.1. The summed E-state index contributed by atoms with van der Waals surface area (Å²) in [6.07, 6.45) is 11.8. The second-order valence-corrected chi connectivity index (χ2v) is 9.64. The number of aromatic nitrogens is 3. The van der Waals surface area contributed by atoms with Gasteiger partial charge in [-0.2, -0.15) is 5.10 Å². The van der Waals surface area contributed by atoms with E-state index in [0.717, 1.165) is 0 Å². The molecule has 4 N–H and O–H groups in total. The fourth-order valence-electron chi connectivity index (χ4n) is 5.03. The summed E-state index contributed by atoms with van der Waals surface area (Å²) in [7, 11) is 0. The molecule has 2 atom stereocenters. The van der Waals surface area contributed by atoms with E-state index in [1.54, 1.807) is 6.92 Å². The van der Waals surface area contributed by atoms with Gasteiger partial charge >= 0.3 is 0 Å². The Morgan fingerprint density at radius 3 is 2.71 bits per heavy atom. The summed E-state index contributed by atoms with van der Waals surface area (Å²) in [4.78, 5) is 4.56. The number of nitrogens with zero attached hydrogens (tertiary/aromatic N) is 2. The number of hydrogen-bond donors (Lipinski definition) is 4. The van der Waals surface area contributed by atoms with Crippen LogP contribution >= 0.6 is 0 Å². The van der Waals surface area contributed by atoms with Crippen LogP contribution in [0.2, 0.25) is 0 Å². The number of aliphatic hydroxyl groups excluding tert-OH is 2. The summed E-state index contributed by atoms with van der Waals surface area (Å²) in [6.45, 7) is 5.35. The standard InChI is InChI=1S/C26H26F2N4O3/c1-5-17-19(27)7-6-13-8-15(33)11-18(26(13,17)4)22-21(28)23-20(25(30-22)35-12(2)3)24(32-31-23)29-14-9-16(34)10-14/h1,6-8,11-12,14,16,18,33-34H,9-10H2,2-4H3,(H2,29,31,32). The van der Waals surface area contributed by atoms with Crippen LogP contribution < -0.4 is 10.1 Å². The van der Waals surface area contributed by atoms with Crippen LogP contribution in [0.1, 0.15) is 45.2 Å². The largest absolute Gasteiger partial charge is 0.508 e. The molecule has 3 aliphatic carbocycles.